The van der Waals surface area contributed by atoms with Crippen molar-refractivity contribution in [2.75, 3.05) is 7.11 Å². The summed E-state index contributed by atoms with van der Waals surface area (Å²) < 4.78 is 5.54. The fourth-order valence-corrected chi connectivity index (χ4v) is 5.04. The SMILES string of the molecule is COc1cc2c(cc1C(=O)C1CCC(Cc3ccc(C)cc3)CC1)C(C(=O)C(C)=O)=CC2. The van der Waals surface area contributed by atoms with Crippen molar-refractivity contribution in [3.05, 3.63) is 70.3 Å². The van der Waals surface area contributed by atoms with Crippen molar-refractivity contribution < 1.29 is 19.1 Å². The predicted octanol–water partition coefficient (Wildman–Crippen LogP) is 5.33. The number of ketones is 3. The molecule has 2 aromatic rings. The number of hydrogen-bond donors (Lipinski definition) is 0. The molecule has 0 heterocycles. The average Bonchev–Trinajstić information content (AvgIpc) is 3.22. The second-order valence-electron chi connectivity index (χ2n) is 9.19. The summed E-state index contributed by atoms with van der Waals surface area (Å²) in [5.74, 6) is 0.226. The van der Waals surface area contributed by atoms with E-state index in [0.717, 1.165) is 37.7 Å². The van der Waals surface area contributed by atoms with Gasteiger partial charge in [-0.3, -0.25) is 14.4 Å². The molecule has 1 fully saturated rings. The van der Waals surface area contributed by atoms with Crippen molar-refractivity contribution in [1.82, 2.24) is 0 Å². The second kappa shape index (κ2) is 9.23. The van der Waals surface area contributed by atoms with Gasteiger partial charge in [-0.1, -0.05) is 35.9 Å². The van der Waals surface area contributed by atoms with E-state index in [-0.39, 0.29) is 11.7 Å². The number of fused-ring (bicyclic) bond motifs is 1. The summed E-state index contributed by atoms with van der Waals surface area (Å²) in [6.07, 6.45) is 7.20. The third-order valence-electron chi connectivity index (χ3n) is 6.93. The maximum absolute atomic E-state index is 13.4. The molecule has 2 aromatic carbocycles. The van der Waals surface area contributed by atoms with Crippen molar-refractivity contribution in [2.45, 2.75) is 52.4 Å². The Labute approximate surface area is 189 Å². The Morgan fingerprint density at radius 3 is 2.31 bits per heavy atom. The van der Waals surface area contributed by atoms with E-state index in [1.807, 2.05) is 6.07 Å². The van der Waals surface area contributed by atoms with E-state index in [1.165, 1.54) is 18.1 Å². The molecule has 166 valence electrons. The standard InChI is InChI=1S/C28H30O4/c1-17-4-6-19(7-5-17)14-20-8-10-21(11-9-20)28(31)25-16-24-22(15-26(25)32-3)12-13-23(24)27(30)18(2)29/h4-7,13,15-16,20-21H,8-12,14H2,1-3H3. The fraction of sp³-hybridized carbons (Fsp3) is 0.393. The van der Waals surface area contributed by atoms with E-state index in [4.69, 9.17) is 4.74 Å². The lowest BCUT2D eigenvalue weighted by Gasteiger charge is -2.28. The van der Waals surface area contributed by atoms with Gasteiger partial charge in [0, 0.05) is 18.4 Å². The van der Waals surface area contributed by atoms with Crippen LogP contribution in [0.1, 0.15) is 65.2 Å². The minimum atomic E-state index is -0.496. The molecule has 1 saturated carbocycles. The highest BCUT2D eigenvalue weighted by molar-refractivity contribution is 6.53. The molecule has 0 amide bonds. The Morgan fingerprint density at radius 2 is 1.69 bits per heavy atom. The summed E-state index contributed by atoms with van der Waals surface area (Å²) in [6.45, 7) is 3.38. The highest BCUT2D eigenvalue weighted by Crippen LogP contribution is 2.38. The summed E-state index contributed by atoms with van der Waals surface area (Å²) in [5, 5.41) is 0. The van der Waals surface area contributed by atoms with Crippen LogP contribution in [0.3, 0.4) is 0 Å². The van der Waals surface area contributed by atoms with E-state index >= 15 is 0 Å². The molecular weight excluding hydrogens is 400 g/mol. The monoisotopic (exact) mass is 430 g/mol. The Bertz CT molecular complexity index is 1080. The van der Waals surface area contributed by atoms with Gasteiger partial charge in [-0.05, 0) is 80.2 Å². The minimum Gasteiger partial charge on any atom is -0.496 e. The van der Waals surface area contributed by atoms with Gasteiger partial charge in [0.05, 0.1) is 12.7 Å². The number of carbonyl (C=O) groups excluding carboxylic acids is 3. The number of hydrogen-bond acceptors (Lipinski definition) is 4. The molecule has 0 aliphatic heterocycles. The van der Waals surface area contributed by atoms with Gasteiger partial charge in [0.2, 0.25) is 5.78 Å². The first-order valence-corrected chi connectivity index (χ1v) is 11.4. The van der Waals surface area contributed by atoms with Crippen molar-refractivity contribution in [3.63, 3.8) is 0 Å². The van der Waals surface area contributed by atoms with E-state index < -0.39 is 11.6 Å². The lowest BCUT2D eigenvalue weighted by atomic mass is 9.76. The molecule has 4 nitrogen and oxygen atoms in total. The van der Waals surface area contributed by atoms with Gasteiger partial charge in [0.25, 0.3) is 0 Å². The molecular formula is C28H30O4. The Kier molecular flexibility index (Phi) is 6.40. The van der Waals surface area contributed by atoms with Crippen LogP contribution in [0.2, 0.25) is 0 Å². The lowest BCUT2D eigenvalue weighted by molar-refractivity contribution is -0.131. The third kappa shape index (κ3) is 4.45. The number of carbonyl (C=O) groups is 3. The van der Waals surface area contributed by atoms with Crippen molar-refractivity contribution in [2.24, 2.45) is 11.8 Å². The molecule has 0 radical (unpaired) electrons. The third-order valence-corrected chi connectivity index (χ3v) is 6.93. The van der Waals surface area contributed by atoms with Gasteiger partial charge in [-0.25, -0.2) is 0 Å². The topological polar surface area (TPSA) is 60.4 Å². The van der Waals surface area contributed by atoms with Gasteiger partial charge in [-0.2, -0.15) is 0 Å². The molecule has 0 saturated heterocycles. The highest BCUT2D eigenvalue weighted by Gasteiger charge is 2.31. The first-order chi connectivity index (χ1) is 15.4. The smallest absolute Gasteiger partial charge is 0.228 e. The Balaban J connectivity index is 1.48. The average molecular weight is 431 g/mol. The fourth-order valence-electron chi connectivity index (χ4n) is 5.04. The van der Waals surface area contributed by atoms with E-state index in [2.05, 4.69) is 31.2 Å². The number of methoxy groups -OCH3 is 1. The molecule has 0 aromatic heterocycles. The summed E-state index contributed by atoms with van der Waals surface area (Å²) in [4.78, 5) is 37.4. The number of Topliss-reactive ketones (excluding diaryl/α,β-unsaturated/α-hetero) is 3. The van der Waals surface area contributed by atoms with Crippen molar-refractivity contribution in [1.29, 1.82) is 0 Å². The number of rotatable bonds is 7. The molecule has 0 unspecified atom stereocenters. The van der Waals surface area contributed by atoms with Crippen LogP contribution in [0, 0.1) is 18.8 Å². The largest absolute Gasteiger partial charge is 0.496 e. The zero-order chi connectivity index (χ0) is 22.8. The summed E-state index contributed by atoms with van der Waals surface area (Å²) in [5.41, 5.74) is 5.19. The van der Waals surface area contributed by atoms with Crippen LogP contribution in [0.5, 0.6) is 5.75 Å². The van der Waals surface area contributed by atoms with Crippen LogP contribution in [0.4, 0.5) is 0 Å². The maximum atomic E-state index is 13.4. The highest BCUT2D eigenvalue weighted by atomic mass is 16.5. The first kappa shape index (κ1) is 22.2. The van der Waals surface area contributed by atoms with Crippen LogP contribution in [-0.2, 0) is 22.4 Å². The van der Waals surface area contributed by atoms with Crippen molar-refractivity contribution >= 4 is 22.9 Å². The molecule has 2 aliphatic rings. The molecule has 4 heteroatoms. The van der Waals surface area contributed by atoms with Gasteiger partial charge in [0.15, 0.2) is 11.6 Å². The quantitative estimate of drug-likeness (QED) is 0.440. The van der Waals surface area contributed by atoms with Gasteiger partial charge in [0.1, 0.15) is 5.75 Å². The summed E-state index contributed by atoms with van der Waals surface area (Å²) >= 11 is 0. The minimum absolute atomic E-state index is 0.0337. The zero-order valence-corrected chi connectivity index (χ0v) is 19.1. The van der Waals surface area contributed by atoms with Crippen LogP contribution in [-0.4, -0.2) is 24.5 Å². The van der Waals surface area contributed by atoms with Crippen LogP contribution in [0.25, 0.3) is 5.57 Å². The molecule has 0 bridgehead atoms. The van der Waals surface area contributed by atoms with E-state index in [1.54, 1.807) is 19.3 Å². The molecule has 32 heavy (non-hydrogen) atoms. The zero-order valence-electron chi connectivity index (χ0n) is 19.1. The van der Waals surface area contributed by atoms with Gasteiger partial charge in [-0.15, -0.1) is 0 Å². The molecule has 2 aliphatic carbocycles. The maximum Gasteiger partial charge on any atom is 0.228 e. The lowest BCUT2D eigenvalue weighted by Crippen LogP contribution is -2.23. The number of ether oxygens (including phenoxy) is 1. The second-order valence-corrected chi connectivity index (χ2v) is 9.19. The molecule has 4 rings (SSSR count). The Morgan fingerprint density at radius 1 is 1.00 bits per heavy atom. The van der Waals surface area contributed by atoms with E-state index in [0.29, 0.717) is 34.8 Å². The van der Waals surface area contributed by atoms with Crippen LogP contribution >= 0.6 is 0 Å². The number of aryl methyl sites for hydroxylation is 1. The molecule has 0 atom stereocenters. The Hall–Kier alpha value is -3.01. The normalized spacial score (nSPS) is 19.8. The number of benzene rings is 2. The summed E-state index contributed by atoms with van der Waals surface area (Å²) in [6, 6.07) is 12.3. The van der Waals surface area contributed by atoms with E-state index in [9.17, 15) is 14.4 Å². The predicted molar refractivity (Wildman–Crippen MR) is 125 cm³/mol. The molecule has 0 N–H and O–H groups in total. The number of allylic oxidation sites excluding steroid dienone is 2. The first-order valence-electron chi connectivity index (χ1n) is 11.4. The van der Waals surface area contributed by atoms with Crippen LogP contribution in [0.15, 0.2) is 42.5 Å². The van der Waals surface area contributed by atoms with Crippen LogP contribution < -0.4 is 4.74 Å². The summed E-state index contributed by atoms with van der Waals surface area (Å²) in [7, 11) is 1.57. The van der Waals surface area contributed by atoms with Crippen molar-refractivity contribution in [3.8, 4) is 5.75 Å². The van der Waals surface area contributed by atoms with Gasteiger partial charge < -0.3 is 4.74 Å². The van der Waals surface area contributed by atoms with Gasteiger partial charge >= 0.3 is 0 Å². The molecule has 0 spiro atoms.